The highest BCUT2D eigenvalue weighted by Crippen LogP contribution is 2.19. The molecule has 0 spiro atoms. The van der Waals surface area contributed by atoms with E-state index < -0.39 is 0 Å². The van der Waals surface area contributed by atoms with E-state index in [9.17, 15) is 0 Å². The van der Waals surface area contributed by atoms with Gasteiger partial charge in [0, 0.05) is 17.5 Å². The van der Waals surface area contributed by atoms with Gasteiger partial charge in [0.2, 0.25) is 0 Å². The molecular weight excluding hydrogens is 264 g/mol. The average Bonchev–Trinajstić information content (AvgIpc) is 2.53. The maximum atomic E-state index is 8.77. The Morgan fingerprint density at radius 2 is 1.75 bits per heavy atom. The Kier molecular flexibility index (Phi) is 5.23. The van der Waals surface area contributed by atoms with E-state index in [0.29, 0.717) is 11.6 Å². The third-order valence-corrected chi connectivity index (χ3v) is 4.05. The lowest BCUT2D eigenvalue weighted by atomic mass is 10.1. The minimum Gasteiger partial charge on any atom is -0.306 e. The summed E-state index contributed by atoms with van der Waals surface area (Å²) in [5, 5.41) is 12.3. The molecule has 3 heteroatoms. The molecule has 0 aliphatic carbocycles. The molecule has 102 valence electrons. The summed E-state index contributed by atoms with van der Waals surface area (Å²) in [6.45, 7) is 2.97. The molecule has 0 amide bonds. The van der Waals surface area contributed by atoms with E-state index in [0.717, 1.165) is 6.54 Å². The van der Waals surface area contributed by atoms with Crippen LogP contribution in [0.4, 0.5) is 0 Å². The van der Waals surface area contributed by atoms with Gasteiger partial charge in [-0.2, -0.15) is 5.26 Å². The van der Waals surface area contributed by atoms with Crippen LogP contribution in [-0.2, 0) is 6.54 Å². The first-order chi connectivity index (χ1) is 9.72. The molecule has 0 aliphatic rings. The fourth-order valence-corrected chi connectivity index (χ4v) is 2.39. The summed E-state index contributed by atoms with van der Waals surface area (Å²) in [6, 6.07) is 18.8. The second kappa shape index (κ2) is 7.14. The zero-order chi connectivity index (χ0) is 14.4. The summed E-state index contributed by atoms with van der Waals surface area (Å²) in [4.78, 5) is 1.29. The molecule has 0 saturated heterocycles. The Balaban J connectivity index is 1.93. The number of hydrogen-bond donors (Lipinski definition) is 1. The molecule has 2 aromatic carbocycles. The third kappa shape index (κ3) is 3.86. The van der Waals surface area contributed by atoms with Gasteiger partial charge in [-0.15, -0.1) is 11.8 Å². The molecule has 2 nitrogen and oxygen atoms in total. The van der Waals surface area contributed by atoms with Crippen molar-refractivity contribution in [2.45, 2.75) is 24.4 Å². The smallest absolute Gasteiger partial charge is 0.0991 e. The van der Waals surface area contributed by atoms with Gasteiger partial charge < -0.3 is 5.32 Å². The normalized spacial score (nSPS) is 11.8. The maximum Gasteiger partial charge on any atom is 0.0991 e. The minimum atomic E-state index is 0.307. The van der Waals surface area contributed by atoms with Crippen LogP contribution in [0.5, 0.6) is 0 Å². The highest BCUT2D eigenvalue weighted by molar-refractivity contribution is 7.98. The van der Waals surface area contributed by atoms with Crippen molar-refractivity contribution in [3.8, 4) is 6.07 Å². The van der Waals surface area contributed by atoms with E-state index in [2.05, 4.69) is 48.8 Å². The lowest BCUT2D eigenvalue weighted by Crippen LogP contribution is -2.17. The van der Waals surface area contributed by atoms with E-state index >= 15 is 0 Å². The maximum absolute atomic E-state index is 8.77. The number of nitrogens with one attached hydrogen (secondary N) is 1. The highest BCUT2D eigenvalue weighted by Gasteiger charge is 2.04. The van der Waals surface area contributed by atoms with Crippen LogP contribution >= 0.6 is 11.8 Å². The fraction of sp³-hybridized carbons (Fsp3) is 0.235. The number of nitriles is 1. The van der Waals surface area contributed by atoms with Gasteiger partial charge in [-0.05, 0) is 48.6 Å². The Morgan fingerprint density at radius 3 is 2.30 bits per heavy atom. The fourth-order valence-electron chi connectivity index (χ4n) is 1.98. The van der Waals surface area contributed by atoms with Crippen molar-refractivity contribution in [2.75, 3.05) is 6.26 Å². The van der Waals surface area contributed by atoms with Crippen molar-refractivity contribution < 1.29 is 0 Å². The summed E-state index contributed by atoms with van der Waals surface area (Å²) in [7, 11) is 0. The van der Waals surface area contributed by atoms with Crippen molar-refractivity contribution in [3.63, 3.8) is 0 Å². The first-order valence-corrected chi connectivity index (χ1v) is 7.82. The van der Waals surface area contributed by atoms with Crippen molar-refractivity contribution in [2.24, 2.45) is 0 Å². The molecular formula is C17H18N2S. The highest BCUT2D eigenvalue weighted by atomic mass is 32.2. The lowest BCUT2D eigenvalue weighted by molar-refractivity contribution is 0.574. The van der Waals surface area contributed by atoms with Crippen LogP contribution in [0.3, 0.4) is 0 Å². The molecule has 0 heterocycles. The van der Waals surface area contributed by atoms with Crippen molar-refractivity contribution in [1.82, 2.24) is 5.32 Å². The molecule has 0 aliphatic heterocycles. The van der Waals surface area contributed by atoms with Crippen LogP contribution in [0, 0.1) is 11.3 Å². The zero-order valence-corrected chi connectivity index (χ0v) is 12.6. The van der Waals surface area contributed by atoms with Crippen LogP contribution < -0.4 is 5.32 Å². The summed E-state index contributed by atoms with van der Waals surface area (Å²) < 4.78 is 0. The molecule has 0 bridgehead atoms. The Morgan fingerprint density at radius 1 is 1.10 bits per heavy atom. The van der Waals surface area contributed by atoms with E-state index in [1.807, 2.05) is 24.3 Å². The Labute approximate surface area is 124 Å². The second-order valence-corrected chi connectivity index (χ2v) is 5.56. The molecule has 2 aromatic rings. The zero-order valence-electron chi connectivity index (χ0n) is 11.8. The molecule has 0 aromatic heterocycles. The molecule has 0 fully saturated rings. The van der Waals surface area contributed by atoms with Gasteiger partial charge in [-0.25, -0.2) is 0 Å². The predicted molar refractivity (Wildman–Crippen MR) is 84.6 cm³/mol. The second-order valence-electron chi connectivity index (χ2n) is 4.68. The van der Waals surface area contributed by atoms with E-state index in [1.54, 1.807) is 11.8 Å². The van der Waals surface area contributed by atoms with Gasteiger partial charge in [0.1, 0.15) is 0 Å². The lowest BCUT2D eigenvalue weighted by Gasteiger charge is -2.14. The molecule has 1 atom stereocenters. The summed E-state index contributed by atoms with van der Waals surface area (Å²) in [5.41, 5.74) is 3.18. The van der Waals surface area contributed by atoms with E-state index in [-0.39, 0.29) is 0 Å². The largest absolute Gasteiger partial charge is 0.306 e. The number of thioether (sulfide) groups is 1. The van der Waals surface area contributed by atoms with Crippen molar-refractivity contribution in [3.05, 3.63) is 65.2 Å². The van der Waals surface area contributed by atoms with Crippen molar-refractivity contribution >= 4 is 11.8 Å². The first kappa shape index (κ1) is 14.6. The molecule has 20 heavy (non-hydrogen) atoms. The summed E-state index contributed by atoms with van der Waals surface area (Å²) >= 11 is 1.76. The van der Waals surface area contributed by atoms with Crippen LogP contribution in [0.25, 0.3) is 0 Å². The molecule has 0 radical (unpaired) electrons. The topological polar surface area (TPSA) is 35.8 Å². The van der Waals surface area contributed by atoms with E-state index in [1.165, 1.54) is 16.0 Å². The molecule has 2 rings (SSSR count). The van der Waals surface area contributed by atoms with Gasteiger partial charge in [0.15, 0.2) is 0 Å². The van der Waals surface area contributed by atoms with Crippen LogP contribution in [-0.4, -0.2) is 6.26 Å². The van der Waals surface area contributed by atoms with Crippen molar-refractivity contribution in [1.29, 1.82) is 5.26 Å². The summed E-state index contributed by atoms with van der Waals surface area (Å²) in [6.07, 6.45) is 2.08. The quantitative estimate of drug-likeness (QED) is 0.838. The first-order valence-electron chi connectivity index (χ1n) is 6.59. The van der Waals surface area contributed by atoms with Crippen LogP contribution in [0.2, 0.25) is 0 Å². The average molecular weight is 282 g/mol. The van der Waals surface area contributed by atoms with Crippen LogP contribution in [0.15, 0.2) is 53.4 Å². The number of rotatable bonds is 5. The predicted octanol–water partition coefficient (Wildman–Crippen LogP) is 4.13. The number of hydrogen-bond acceptors (Lipinski definition) is 3. The van der Waals surface area contributed by atoms with Gasteiger partial charge in [0.05, 0.1) is 11.6 Å². The molecule has 1 unspecified atom stereocenters. The standard InChI is InChI=1S/C17H18N2S/c1-13(16-7-9-17(20-2)10-8-16)19-12-15-5-3-14(11-18)4-6-15/h3-10,13,19H,12H2,1-2H3. The van der Waals surface area contributed by atoms with Gasteiger partial charge >= 0.3 is 0 Å². The molecule has 0 saturated carbocycles. The van der Waals surface area contributed by atoms with Gasteiger partial charge in [-0.3, -0.25) is 0 Å². The SMILES string of the molecule is CSc1ccc(C(C)NCc2ccc(C#N)cc2)cc1. The minimum absolute atomic E-state index is 0.307. The third-order valence-electron chi connectivity index (χ3n) is 3.31. The Hall–Kier alpha value is -1.76. The Bertz CT molecular complexity index is 582. The van der Waals surface area contributed by atoms with Gasteiger partial charge in [-0.1, -0.05) is 24.3 Å². The van der Waals surface area contributed by atoms with Gasteiger partial charge in [0.25, 0.3) is 0 Å². The monoisotopic (exact) mass is 282 g/mol. The van der Waals surface area contributed by atoms with E-state index in [4.69, 9.17) is 5.26 Å². The molecule has 1 N–H and O–H groups in total. The van der Waals surface area contributed by atoms with Crippen LogP contribution in [0.1, 0.15) is 29.7 Å². The summed E-state index contributed by atoms with van der Waals surface area (Å²) in [5.74, 6) is 0. The number of benzene rings is 2. The number of nitrogens with zero attached hydrogens (tertiary/aromatic N) is 1.